The minimum Gasteiger partial charge on any atom is -0.494 e. The van der Waals surface area contributed by atoms with Crippen molar-refractivity contribution in [1.29, 1.82) is 0 Å². The standard InChI is InChI=1S/C10H15NO4S/c1-3-14-8-5-6-9(15-4-2)10(7-8)16(11,12)13/h5-7H,3-4H2,1-2H3,(H2,11,12,13). The van der Waals surface area contributed by atoms with Crippen molar-refractivity contribution in [2.45, 2.75) is 18.7 Å². The van der Waals surface area contributed by atoms with Crippen molar-refractivity contribution < 1.29 is 17.9 Å². The molecule has 1 aromatic rings. The number of hydrogen-bond acceptors (Lipinski definition) is 4. The lowest BCUT2D eigenvalue weighted by molar-refractivity contribution is 0.322. The van der Waals surface area contributed by atoms with E-state index in [4.69, 9.17) is 14.6 Å². The highest BCUT2D eigenvalue weighted by molar-refractivity contribution is 7.89. The van der Waals surface area contributed by atoms with Crippen molar-refractivity contribution in [3.05, 3.63) is 18.2 Å². The van der Waals surface area contributed by atoms with E-state index in [2.05, 4.69) is 0 Å². The minimum atomic E-state index is -3.80. The van der Waals surface area contributed by atoms with Gasteiger partial charge in [-0.1, -0.05) is 0 Å². The van der Waals surface area contributed by atoms with E-state index in [1.807, 2.05) is 6.92 Å². The Balaban J connectivity index is 3.21. The monoisotopic (exact) mass is 245 g/mol. The topological polar surface area (TPSA) is 78.6 Å². The molecule has 0 aliphatic heterocycles. The van der Waals surface area contributed by atoms with E-state index < -0.39 is 10.0 Å². The zero-order valence-electron chi connectivity index (χ0n) is 9.26. The SMILES string of the molecule is CCOc1ccc(OCC)c(S(N)(=O)=O)c1. The van der Waals surface area contributed by atoms with Crippen molar-refractivity contribution in [2.75, 3.05) is 13.2 Å². The lowest BCUT2D eigenvalue weighted by atomic mass is 10.3. The summed E-state index contributed by atoms with van der Waals surface area (Å²) >= 11 is 0. The van der Waals surface area contributed by atoms with Gasteiger partial charge in [-0.3, -0.25) is 0 Å². The summed E-state index contributed by atoms with van der Waals surface area (Å²) in [6, 6.07) is 4.54. The fraction of sp³-hybridized carbons (Fsp3) is 0.400. The third-order valence-electron chi connectivity index (χ3n) is 1.83. The molecule has 0 spiro atoms. The molecule has 5 nitrogen and oxygen atoms in total. The first kappa shape index (κ1) is 12.8. The smallest absolute Gasteiger partial charge is 0.241 e. The number of ether oxygens (including phenoxy) is 2. The van der Waals surface area contributed by atoms with Crippen LogP contribution >= 0.6 is 0 Å². The predicted octanol–water partition coefficient (Wildman–Crippen LogP) is 1.13. The average Bonchev–Trinajstić information content (AvgIpc) is 2.19. The van der Waals surface area contributed by atoms with Gasteiger partial charge in [0.15, 0.2) is 0 Å². The fourth-order valence-electron chi connectivity index (χ4n) is 1.24. The highest BCUT2D eigenvalue weighted by atomic mass is 32.2. The van der Waals surface area contributed by atoms with Crippen LogP contribution in [0.3, 0.4) is 0 Å². The minimum absolute atomic E-state index is 0.0553. The predicted molar refractivity (Wildman–Crippen MR) is 60.2 cm³/mol. The number of benzene rings is 1. The highest BCUT2D eigenvalue weighted by Crippen LogP contribution is 2.27. The second-order valence-corrected chi connectivity index (χ2v) is 4.55. The van der Waals surface area contributed by atoms with E-state index in [1.54, 1.807) is 13.0 Å². The summed E-state index contributed by atoms with van der Waals surface area (Å²) in [7, 11) is -3.80. The molecule has 0 radical (unpaired) electrons. The van der Waals surface area contributed by atoms with Crippen LogP contribution in [0.5, 0.6) is 11.5 Å². The number of sulfonamides is 1. The van der Waals surface area contributed by atoms with Gasteiger partial charge in [0.05, 0.1) is 13.2 Å². The zero-order chi connectivity index (χ0) is 12.2. The molecule has 0 saturated carbocycles. The molecule has 0 aromatic heterocycles. The molecule has 6 heteroatoms. The molecule has 1 rings (SSSR count). The first-order valence-electron chi connectivity index (χ1n) is 4.91. The van der Waals surface area contributed by atoms with Crippen LogP contribution < -0.4 is 14.6 Å². The van der Waals surface area contributed by atoms with Crippen molar-refractivity contribution in [2.24, 2.45) is 5.14 Å². The van der Waals surface area contributed by atoms with Crippen LogP contribution in [0.15, 0.2) is 23.1 Å². The molecular weight excluding hydrogens is 230 g/mol. The molecule has 0 bridgehead atoms. The van der Waals surface area contributed by atoms with Gasteiger partial charge in [-0.25, -0.2) is 13.6 Å². The fourth-order valence-corrected chi connectivity index (χ4v) is 1.93. The van der Waals surface area contributed by atoms with Gasteiger partial charge < -0.3 is 9.47 Å². The van der Waals surface area contributed by atoms with Gasteiger partial charge >= 0.3 is 0 Å². The molecule has 0 atom stereocenters. The van der Waals surface area contributed by atoms with E-state index in [-0.39, 0.29) is 10.6 Å². The van der Waals surface area contributed by atoms with Gasteiger partial charge in [-0.2, -0.15) is 0 Å². The van der Waals surface area contributed by atoms with Gasteiger partial charge in [0.25, 0.3) is 0 Å². The molecule has 0 aliphatic carbocycles. The maximum absolute atomic E-state index is 11.3. The Hall–Kier alpha value is -1.27. The van der Waals surface area contributed by atoms with Crippen LogP contribution in [-0.2, 0) is 10.0 Å². The number of nitrogens with two attached hydrogens (primary N) is 1. The summed E-state index contributed by atoms with van der Waals surface area (Å²) in [4.78, 5) is -0.0553. The molecule has 0 unspecified atom stereocenters. The van der Waals surface area contributed by atoms with Crippen molar-refractivity contribution >= 4 is 10.0 Å². The van der Waals surface area contributed by atoms with Gasteiger partial charge in [-0.05, 0) is 26.0 Å². The Kier molecular flexibility index (Phi) is 4.14. The summed E-state index contributed by atoms with van der Waals surface area (Å²) in [6.07, 6.45) is 0. The Labute approximate surface area is 95.2 Å². The quantitative estimate of drug-likeness (QED) is 0.843. The summed E-state index contributed by atoms with van der Waals surface area (Å²) in [5, 5.41) is 5.09. The Bertz CT molecular complexity index is 456. The number of rotatable bonds is 5. The first-order chi connectivity index (χ1) is 7.49. The van der Waals surface area contributed by atoms with Crippen LogP contribution in [-0.4, -0.2) is 21.6 Å². The van der Waals surface area contributed by atoms with Gasteiger partial charge in [0.1, 0.15) is 16.4 Å². The average molecular weight is 245 g/mol. The zero-order valence-corrected chi connectivity index (χ0v) is 10.1. The van der Waals surface area contributed by atoms with Gasteiger partial charge in [-0.15, -0.1) is 0 Å². The lowest BCUT2D eigenvalue weighted by Crippen LogP contribution is -2.14. The van der Waals surface area contributed by atoms with Crippen molar-refractivity contribution in [3.8, 4) is 11.5 Å². The summed E-state index contributed by atoms with van der Waals surface area (Å²) in [5.74, 6) is 0.698. The summed E-state index contributed by atoms with van der Waals surface area (Å²) < 4.78 is 33.0. The van der Waals surface area contributed by atoms with Crippen LogP contribution in [0.2, 0.25) is 0 Å². The summed E-state index contributed by atoms with van der Waals surface area (Å²) in [5.41, 5.74) is 0. The van der Waals surface area contributed by atoms with Crippen LogP contribution in [0, 0.1) is 0 Å². The molecule has 0 amide bonds. The third-order valence-corrected chi connectivity index (χ3v) is 2.76. The molecule has 0 saturated heterocycles. The van der Waals surface area contributed by atoms with E-state index in [1.165, 1.54) is 12.1 Å². The lowest BCUT2D eigenvalue weighted by Gasteiger charge is -2.10. The number of hydrogen-bond donors (Lipinski definition) is 1. The van der Waals surface area contributed by atoms with Gasteiger partial charge in [0, 0.05) is 6.07 Å². The van der Waals surface area contributed by atoms with E-state index >= 15 is 0 Å². The molecule has 2 N–H and O–H groups in total. The first-order valence-corrected chi connectivity index (χ1v) is 6.46. The normalized spacial score (nSPS) is 11.2. The Morgan fingerprint density at radius 1 is 1.19 bits per heavy atom. The van der Waals surface area contributed by atoms with E-state index in [9.17, 15) is 8.42 Å². The molecule has 0 heterocycles. The van der Waals surface area contributed by atoms with Crippen molar-refractivity contribution in [1.82, 2.24) is 0 Å². The second kappa shape index (κ2) is 5.18. The highest BCUT2D eigenvalue weighted by Gasteiger charge is 2.16. The third kappa shape index (κ3) is 3.11. The van der Waals surface area contributed by atoms with Crippen LogP contribution in [0.4, 0.5) is 0 Å². The van der Waals surface area contributed by atoms with E-state index in [0.717, 1.165) is 0 Å². The van der Waals surface area contributed by atoms with Crippen molar-refractivity contribution in [3.63, 3.8) is 0 Å². The molecule has 90 valence electrons. The molecule has 16 heavy (non-hydrogen) atoms. The molecule has 0 aliphatic rings. The second-order valence-electron chi connectivity index (χ2n) is 3.02. The van der Waals surface area contributed by atoms with Crippen LogP contribution in [0.25, 0.3) is 0 Å². The largest absolute Gasteiger partial charge is 0.494 e. The van der Waals surface area contributed by atoms with E-state index in [0.29, 0.717) is 19.0 Å². The Morgan fingerprint density at radius 2 is 1.81 bits per heavy atom. The molecular formula is C10H15NO4S. The molecule has 1 aromatic carbocycles. The van der Waals surface area contributed by atoms with Gasteiger partial charge in [0.2, 0.25) is 10.0 Å². The molecule has 0 fully saturated rings. The maximum Gasteiger partial charge on any atom is 0.241 e. The Morgan fingerprint density at radius 3 is 2.31 bits per heavy atom. The summed E-state index contributed by atoms with van der Waals surface area (Å²) in [6.45, 7) is 4.41. The maximum atomic E-state index is 11.3. The number of primary sulfonamides is 1. The van der Waals surface area contributed by atoms with Crippen LogP contribution in [0.1, 0.15) is 13.8 Å².